The zero-order chi connectivity index (χ0) is 43.3. The lowest BCUT2D eigenvalue weighted by atomic mass is 9.86. The molecule has 0 aromatic carbocycles. The number of ether oxygens (including phenoxy) is 5. The highest BCUT2D eigenvalue weighted by Gasteiger charge is 2.53. The molecule has 340 valence electrons. The summed E-state index contributed by atoms with van der Waals surface area (Å²) < 4.78 is 27.4. The van der Waals surface area contributed by atoms with E-state index in [-0.39, 0.29) is 31.9 Å². The van der Waals surface area contributed by atoms with Crippen molar-refractivity contribution >= 4 is 0 Å². The van der Waals surface area contributed by atoms with Crippen LogP contribution in [0.15, 0.2) is 11.6 Å². The lowest BCUT2D eigenvalue weighted by molar-refractivity contribution is -0.373. The van der Waals surface area contributed by atoms with Gasteiger partial charge in [-0.05, 0) is 12.5 Å². The Morgan fingerprint density at radius 2 is 1.17 bits per heavy atom. The molecule has 23 atom stereocenters. The van der Waals surface area contributed by atoms with Crippen LogP contribution in [0.4, 0.5) is 0 Å². The Hall–Kier alpha value is -1.26. The monoisotopic (exact) mass is 852 g/mol. The number of nitrogens with one attached hydrogen (secondary N) is 1. The fourth-order valence-electron chi connectivity index (χ4n) is 7.58. The first-order valence-corrected chi connectivity index (χ1v) is 18.7. The number of likely N-dealkylation sites (tertiary alicyclic amines) is 1. The van der Waals surface area contributed by atoms with Gasteiger partial charge >= 0.3 is 0 Å². The molecule has 25 heteroatoms. The van der Waals surface area contributed by atoms with Crippen molar-refractivity contribution in [2.75, 3.05) is 46.1 Å². The van der Waals surface area contributed by atoms with Gasteiger partial charge in [0.05, 0.1) is 63.4 Å². The van der Waals surface area contributed by atoms with Crippen molar-refractivity contribution in [2.45, 2.75) is 148 Å². The standard InChI is InChI=1S/C25H43NO18.C8H17NO5/c1-6-11(26-8-2-7(3-27)12(30)15(33)13(8)31)14(32)19(37)24(40-6)43-22-10(5-29)42-25(20(38)17(22)35)44-21-9(4-28)41-23(39)18(36)16(21)34;10-2-1-9-3-6(12)8(14)7(13)5(9)4-11/h2,6,8-39H,3-5H2,1H3;5-8,10-14H,1-4H2/t6-,8+,9-,10-,11-,12-,13+,14+,15+,16-,17-,18-,19-,20-,21-,22-,23-,24-,25-;5-,6+,7-,8-/m11/s1. The molecule has 58 heavy (non-hydrogen) atoms. The minimum Gasteiger partial charge on any atom is -0.395 e. The summed E-state index contributed by atoms with van der Waals surface area (Å²) in [5.41, 5.74) is 0.0225. The average molecular weight is 853 g/mol. The Morgan fingerprint density at radius 1 is 0.621 bits per heavy atom. The molecular formula is C33H60N2O23. The Balaban J connectivity index is 0.000000448. The molecular weight excluding hydrogens is 792 g/mol. The number of hydrogen-bond donors (Lipinski definition) is 19. The number of β-amino-alcohol motifs (C(OH)–C–C–N with tert-alkyl or cyclic N) is 2. The third-order valence-electron chi connectivity index (χ3n) is 11.1. The van der Waals surface area contributed by atoms with Crippen molar-refractivity contribution in [1.82, 2.24) is 10.2 Å². The van der Waals surface area contributed by atoms with E-state index in [0.29, 0.717) is 0 Å². The van der Waals surface area contributed by atoms with Crippen molar-refractivity contribution < 1.29 is 116 Å². The number of aliphatic hydroxyl groups excluding tert-OH is 18. The summed E-state index contributed by atoms with van der Waals surface area (Å²) in [6.07, 6.45) is -30.0. The molecule has 0 aromatic rings. The molecule has 4 heterocycles. The fraction of sp³-hybridized carbons (Fsp3) is 0.939. The number of hydrogen-bond acceptors (Lipinski definition) is 25. The largest absolute Gasteiger partial charge is 0.395 e. The number of aliphatic hydroxyl groups is 18. The predicted molar refractivity (Wildman–Crippen MR) is 185 cm³/mol. The van der Waals surface area contributed by atoms with Crippen LogP contribution >= 0.6 is 0 Å². The SMILES string of the molecule is C[C@H]1O[C@H](O[C@H]2[C@H](O)[C@@H](O)[C@@H](O[C@H]3[C@H](O)[C@@H](O)[C@H](O)O[C@@H]3CO)O[C@@H]2CO)[C@H](O)[C@@H](O)[C@@H]1N[C@H]1C=C(CO)[C@@H](O)[C@H](O)[C@H]1O.OCCN1C[C@H](O)[C@@H](O)[C@H](O)[C@H]1CO. The molecule has 4 saturated heterocycles. The molecule has 19 N–H and O–H groups in total. The minimum absolute atomic E-state index is 0.0225. The fourth-order valence-corrected chi connectivity index (χ4v) is 7.58. The van der Waals surface area contributed by atoms with E-state index < -0.39 is 161 Å². The summed E-state index contributed by atoms with van der Waals surface area (Å²) in [6.45, 7) is -0.788. The maximum absolute atomic E-state index is 10.9. The van der Waals surface area contributed by atoms with Crippen LogP contribution in [-0.2, 0) is 23.7 Å². The maximum atomic E-state index is 10.9. The molecule has 4 fully saturated rings. The van der Waals surface area contributed by atoms with Gasteiger partial charge in [-0.2, -0.15) is 0 Å². The molecule has 25 nitrogen and oxygen atoms in total. The van der Waals surface area contributed by atoms with Gasteiger partial charge in [-0.1, -0.05) is 6.08 Å². The van der Waals surface area contributed by atoms with Gasteiger partial charge in [0.25, 0.3) is 0 Å². The highest BCUT2D eigenvalue weighted by atomic mass is 16.7. The molecule has 0 spiro atoms. The van der Waals surface area contributed by atoms with Gasteiger partial charge in [-0.15, -0.1) is 0 Å². The smallest absolute Gasteiger partial charge is 0.187 e. The molecule has 1 aliphatic carbocycles. The third kappa shape index (κ3) is 10.7. The van der Waals surface area contributed by atoms with Gasteiger partial charge in [-0.25, -0.2) is 0 Å². The topological polar surface area (TPSA) is 426 Å². The third-order valence-corrected chi connectivity index (χ3v) is 11.1. The van der Waals surface area contributed by atoms with Crippen molar-refractivity contribution in [3.8, 4) is 0 Å². The van der Waals surface area contributed by atoms with Crippen molar-refractivity contribution in [2.24, 2.45) is 0 Å². The van der Waals surface area contributed by atoms with E-state index in [0.717, 1.165) is 0 Å². The van der Waals surface area contributed by atoms with Crippen LogP contribution in [0, 0.1) is 0 Å². The molecule has 0 amide bonds. The number of rotatable bonds is 12. The zero-order valence-corrected chi connectivity index (χ0v) is 31.3. The molecule has 0 aromatic heterocycles. The second-order valence-corrected chi connectivity index (χ2v) is 14.9. The normalized spacial score (nSPS) is 49.2. The first kappa shape index (κ1) is 49.4. The van der Waals surface area contributed by atoms with Crippen LogP contribution in [0.3, 0.4) is 0 Å². The highest BCUT2D eigenvalue weighted by molar-refractivity contribution is 5.22. The first-order valence-electron chi connectivity index (χ1n) is 18.7. The zero-order valence-electron chi connectivity index (χ0n) is 31.3. The van der Waals surface area contributed by atoms with Gasteiger partial charge in [0.1, 0.15) is 91.6 Å². The van der Waals surface area contributed by atoms with Crippen molar-refractivity contribution in [3.05, 3.63) is 11.6 Å². The number of nitrogens with zero attached hydrogens (tertiary/aromatic N) is 1. The van der Waals surface area contributed by atoms with Crippen LogP contribution < -0.4 is 5.32 Å². The van der Waals surface area contributed by atoms with Crippen molar-refractivity contribution in [3.63, 3.8) is 0 Å². The quantitative estimate of drug-likeness (QED) is 0.0810. The van der Waals surface area contributed by atoms with Gasteiger partial charge in [-0.3, -0.25) is 4.90 Å². The van der Waals surface area contributed by atoms with E-state index in [9.17, 15) is 81.7 Å². The van der Waals surface area contributed by atoms with Gasteiger partial charge in [0.2, 0.25) is 0 Å². The lowest BCUT2D eigenvalue weighted by Crippen LogP contribution is -2.68. The Kier molecular flexibility index (Phi) is 18.5. The van der Waals surface area contributed by atoms with Crippen LogP contribution in [0.25, 0.3) is 0 Å². The Bertz CT molecular complexity index is 1270. The molecule has 5 aliphatic rings. The molecule has 4 aliphatic heterocycles. The second kappa shape index (κ2) is 21.7. The summed E-state index contributed by atoms with van der Waals surface area (Å²) in [6, 6.07) is -2.79. The Labute approximate surface area is 331 Å². The summed E-state index contributed by atoms with van der Waals surface area (Å²) >= 11 is 0. The predicted octanol–water partition coefficient (Wildman–Crippen LogP) is -11.8. The maximum Gasteiger partial charge on any atom is 0.187 e. The van der Waals surface area contributed by atoms with E-state index in [2.05, 4.69) is 5.32 Å². The van der Waals surface area contributed by atoms with Crippen LogP contribution in [0.5, 0.6) is 0 Å². The van der Waals surface area contributed by atoms with Gasteiger partial charge in [0.15, 0.2) is 18.9 Å². The van der Waals surface area contributed by atoms with Crippen molar-refractivity contribution in [1.29, 1.82) is 0 Å². The molecule has 0 unspecified atom stereocenters. The average Bonchev–Trinajstić information content (AvgIpc) is 3.20. The van der Waals surface area contributed by atoms with E-state index in [1.54, 1.807) is 4.90 Å². The van der Waals surface area contributed by atoms with E-state index in [4.69, 9.17) is 33.9 Å². The van der Waals surface area contributed by atoms with Crippen LogP contribution in [0.2, 0.25) is 0 Å². The minimum atomic E-state index is -1.93. The molecule has 0 bridgehead atoms. The summed E-state index contributed by atoms with van der Waals surface area (Å²) in [5, 5.41) is 181. The van der Waals surface area contributed by atoms with E-state index in [1.165, 1.54) is 13.0 Å². The summed E-state index contributed by atoms with van der Waals surface area (Å²) in [7, 11) is 0. The lowest BCUT2D eigenvalue weighted by Gasteiger charge is -2.48. The summed E-state index contributed by atoms with van der Waals surface area (Å²) in [4.78, 5) is 1.56. The second-order valence-electron chi connectivity index (χ2n) is 14.9. The highest BCUT2D eigenvalue weighted by Crippen LogP contribution is 2.33. The van der Waals surface area contributed by atoms with E-state index in [1.807, 2.05) is 0 Å². The molecule has 5 rings (SSSR count). The van der Waals surface area contributed by atoms with Crippen LogP contribution in [0.1, 0.15) is 6.92 Å². The Morgan fingerprint density at radius 3 is 1.72 bits per heavy atom. The van der Waals surface area contributed by atoms with Gasteiger partial charge in [0, 0.05) is 13.1 Å². The number of piperidine rings is 1. The van der Waals surface area contributed by atoms with E-state index >= 15 is 0 Å². The molecule has 0 radical (unpaired) electrons. The van der Waals surface area contributed by atoms with Crippen LogP contribution in [-0.4, -0.2) is 284 Å². The first-order chi connectivity index (χ1) is 27.4. The molecule has 0 saturated carbocycles. The van der Waals surface area contributed by atoms with Gasteiger partial charge < -0.3 is 121 Å². The summed E-state index contributed by atoms with van der Waals surface area (Å²) in [5.74, 6) is 0.